The summed E-state index contributed by atoms with van der Waals surface area (Å²) in [6.45, 7) is 8.92. The van der Waals surface area contributed by atoms with Crippen LogP contribution in [0, 0.1) is 5.41 Å². The van der Waals surface area contributed by atoms with Gasteiger partial charge in [0.05, 0.1) is 0 Å². The zero-order valence-electron chi connectivity index (χ0n) is 9.42. The molecule has 0 aliphatic rings. The van der Waals surface area contributed by atoms with Crippen molar-refractivity contribution in [2.75, 3.05) is 6.54 Å². The standard InChI is InChI=1S/C11H20N2O/c1-5-9(11(2,3)4)7-6-8-13-10(12)14/h5-7H,8H2,1-4H3,(H3,12,13,14)/b7-6-,9-5+. The third-order valence-electron chi connectivity index (χ3n) is 1.87. The first-order valence-corrected chi connectivity index (χ1v) is 4.74. The summed E-state index contributed by atoms with van der Waals surface area (Å²) in [5.41, 5.74) is 6.31. The van der Waals surface area contributed by atoms with Crippen molar-refractivity contribution in [2.24, 2.45) is 11.1 Å². The average molecular weight is 196 g/mol. The number of nitrogens with one attached hydrogen (secondary N) is 1. The molecule has 0 aromatic rings. The Morgan fingerprint density at radius 2 is 2.00 bits per heavy atom. The molecule has 0 aliphatic heterocycles. The van der Waals surface area contributed by atoms with Crippen molar-refractivity contribution in [1.82, 2.24) is 5.32 Å². The molecule has 0 aliphatic carbocycles. The fraction of sp³-hybridized carbons (Fsp3) is 0.545. The van der Waals surface area contributed by atoms with Gasteiger partial charge in [-0.1, -0.05) is 39.0 Å². The molecular weight excluding hydrogens is 176 g/mol. The summed E-state index contributed by atoms with van der Waals surface area (Å²) in [5.74, 6) is 0. The highest BCUT2D eigenvalue weighted by atomic mass is 16.2. The second kappa shape index (κ2) is 5.47. The molecule has 3 N–H and O–H groups in total. The second-order valence-corrected chi connectivity index (χ2v) is 4.14. The Hall–Kier alpha value is -1.25. The number of urea groups is 1. The summed E-state index contributed by atoms with van der Waals surface area (Å²) in [7, 11) is 0. The van der Waals surface area contributed by atoms with Crippen LogP contribution >= 0.6 is 0 Å². The minimum Gasteiger partial charge on any atom is -0.352 e. The van der Waals surface area contributed by atoms with E-state index in [9.17, 15) is 4.79 Å². The van der Waals surface area contributed by atoms with Gasteiger partial charge in [0.1, 0.15) is 0 Å². The van der Waals surface area contributed by atoms with Crippen LogP contribution in [0.5, 0.6) is 0 Å². The summed E-state index contributed by atoms with van der Waals surface area (Å²) >= 11 is 0. The number of hydrogen-bond donors (Lipinski definition) is 2. The lowest BCUT2D eigenvalue weighted by Gasteiger charge is -2.19. The molecule has 14 heavy (non-hydrogen) atoms. The van der Waals surface area contributed by atoms with Gasteiger partial charge in [-0.15, -0.1) is 0 Å². The van der Waals surface area contributed by atoms with Crippen LogP contribution in [-0.2, 0) is 0 Å². The molecule has 0 saturated carbocycles. The molecular formula is C11H20N2O. The van der Waals surface area contributed by atoms with E-state index >= 15 is 0 Å². The Labute approximate surface area is 86.1 Å². The Morgan fingerprint density at radius 1 is 1.43 bits per heavy atom. The van der Waals surface area contributed by atoms with E-state index in [1.165, 1.54) is 5.57 Å². The van der Waals surface area contributed by atoms with Gasteiger partial charge in [0.2, 0.25) is 0 Å². The number of allylic oxidation sites excluding steroid dienone is 3. The number of nitrogens with two attached hydrogens (primary N) is 1. The molecule has 0 heterocycles. The van der Waals surface area contributed by atoms with E-state index in [4.69, 9.17) is 5.73 Å². The van der Waals surface area contributed by atoms with Crippen LogP contribution in [0.3, 0.4) is 0 Å². The predicted molar refractivity (Wildman–Crippen MR) is 59.9 cm³/mol. The number of rotatable bonds is 3. The molecule has 80 valence electrons. The van der Waals surface area contributed by atoms with Crippen LogP contribution in [0.1, 0.15) is 27.7 Å². The quantitative estimate of drug-likeness (QED) is 0.668. The van der Waals surface area contributed by atoms with Gasteiger partial charge >= 0.3 is 6.03 Å². The maximum absolute atomic E-state index is 10.4. The first-order valence-electron chi connectivity index (χ1n) is 4.74. The van der Waals surface area contributed by atoms with Crippen LogP contribution < -0.4 is 11.1 Å². The van der Waals surface area contributed by atoms with Gasteiger partial charge in [0.15, 0.2) is 0 Å². The fourth-order valence-electron chi connectivity index (χ4n) is 1.12. The first-order chi connectivity index (χ1) is 6.38. The fourth-order valence-corrected chi connectivity index (χ4v) is 1.12. The zero-order valence-corrected chi connectivity index (χ0v) is 9.42. The number of primary amides is 1. The molecule has 0 aromatic carbocycles. The Morgan fingerprint density at radius 3 is 2.36 bits per heavy atom. The topological polar surface area (TPSA) is 55.1 Å². The molecule has 2 amide bonds. The van der Waals surface area contributed by atoms with Gasteiger partial charge in [-0.2, -0.15) is 0 Å². The molecule has 0 fully saturated rings. The zero-order chi connectivity index (χ0) is 11.2. The highest BCUT2D eigenvalue weighted by molar-refractivity contribution is 5.71. The predicted octanol–water partition coefficient (Wildman–Crippen LogP) is 2.20. The van der Waals surface area contributed by atoms with Crippen LogP contribution in [0.15, 0.2) is 23.8 Å². The molecule has 0 rings (SSSR count). The number of amides is 2. The van der Waals surface area contributed by atoms with E-state index in [2.05, 4.69) is 32.2 Å². The maximum Gasteiger partial charge on any atom is 0.312 e. The average Bonchev–Trinajstić information content (AvgIpc) is 2.01. The lowest BCUT2D eigenvalue weighted by Crippen LogP contribution is -2.29. The molecule has 0 saturated heterocycles. The largest absolute Gasteiger partial charge is 0.352 e. The van der Waals surface area contributed by atoms with E-state index in [0.717, 1.165) is 0 Å². The van der Waals surface area contributed by atoms with E-state index in [1.807, 2.05) is 19.1 Å². The summed E-state index contributed by atoms with van der Waals surface area (Å²) in [4.78, 5) is 10.4. The van der Waals surface area contributed by atoms with E-state index < -0.39 is 6.03 Å². The molecule has 0 aromatic heterocycles. The smallest absolute Gasteiger partial charge is 0.312 e. The summed E-state index contributed by atoms with van der Waals surface area (Å²) in [5, 5.41) is 2.50. The maximum atomic E-state index is 10.4. The van der Waals surface area contributed by atoms with Gasteiger partial charge in [-0.3, -0.25) is 0 Å². The van der Waals surface area contributed by atoms with Crippen molar-refractivity contribution >= 4 is 6.03 Å². The summed E-state index contributed by atoms with van der Waals surface area (Å²) < 4.78 is 0. The number of carbonyl (C=O) groups is 1. The molecule has 0 radical (unpaired) electrons. The number of hydrogen-bond acceptors (Lipinski definition) is 1. The normalized spacial score (nSPS) is 13.3. The molecule has 0 bridgehead atoms. The van der Waals surface area contributed by atoms with Crippen molar-refractivity contribution in [1.29, 1.82) is 0 Å². The summed E-state index contributed by atoms with van der Waals surface area (Å²) in [6, 6.07) is -0.493. The first kappa shape index (κ1) is 12.8. The molecule has 0 atom stereocenters. The minimum absolute atomic E-state index is 0.137. The van der Waals surface area contributed by atoms with Crippen molar-refractivity contribution < 1.29 is 4.79 Å². The van der Waals surface area contributed by atoms with Gasteiger partial charge in [0, 0.05) is 6.54 Å². The Bertz CT molecular complexity index is 247. The number of carbonyl (C=O) groups excluding carboxylic acids is 1. The summed E-state index contributed by atoms with van der Waals surface area (Å²) in [6.07, 6.45) is 5.97. The van der Waals surface area contributed by atoms with E-state index in [-0.39, 0.29) is 5.41 Å². The van der Waals surface area contributed by atoms with Gasteiger partial charge in [-0.05, 0) is 17.9 Å². The van der Waals surface area contributed by atoms with Crippen LogP contribution in [0.2, 0.25) is 0 Å². The monoisotopic (exact) mass is 196 g/mol. The van der Waals surface area contributed by atoms with Crippen LogP contribution in [-0.4, -0.2) is 12.6 Å². The Balaban J connectivity index is 4.15. The lowest BCUT2D eigenvalue weighted by molar-refractivity contribution is 0.250. The highest BCUT2D eigenvalue weighted by Crippen LogP contribution is 2.25. The lowest BCUT2D eigenvalue weighted by atomic mass is 9.86. The molecule has 0 unspecified atom stereocenters. The van der Waals surface area contributed by atoms with Crippen LogP contribution in [0.25, 0.3) is 0 Å². The van der Waals surface area contributed by atoms with Crippen LogP contribution in [0.4, 0.5) is 4.79 Å². The third-order valence-corrected chi connectivity index (χ3v) is 1.87. The third kappa shape index (κ3) is 5.41. The minimum atomic E-state index is -0.493. The van der Waals surface area contributed by atoms with Gasteiger partial charge in [0.25, 0.3) is 0 Å². The SMILES string of the molecule is C/C=C(\C=C/CNC(N)=O)C(C)(C)C. The molecule has 0 spiro atoms. The van der Waals surface area contributed by atoms with Gasteiger partial charge < -0.3 is 11.1 Å². The van der Waals surface area contributed by atoms with Crippen molar-refractivity contribution in [3.63, 3.8) is 0 Å². The molecule has 3 nitrogen and oxygen atoms in total. The highest BCUT2D eigenvalue weighted by Gasteiger charge is 2.12. The molecule has 3 heteroatoms. The van der Waals surface area contributed by atoms with Crippen molar-refractivity contribution in [3.8, 4) is 0 Å². The Kier molecular flexibility index (Phi) is 4.99. The van der Waals surface area contributed by atoms with E-state index in [0.29, 0.717) is 6.54 Å². The second-order valence-electron chi connectivity index (χ2n) is 4.14. The van der Waals surface area contributed by atoms with E-state index in [1.54, 1.807) is 0 Å². The van der Waals surface area contributed by atoms with Crippen molar-refractivity contribution in [3.05, 3.63) is 23.8 Å². The van der Waals surface area contributed by atoms with Gasteiger partial charge in [-0.25, -0.2) is 4.79 Å². The van der Waals surface area contributed by atoms with Crippen molar-refractivity contribution in [2.45, 2.75) is 27.7 Å².